The van der Waals surface area contributed by atoms with E-state index in [9.17, 15) is 26.7 Å². The van der Waals surface area contributed by atoms with E-state index < -0.39 is 40.8 Å². The summed E-state index contributed by atoms with van der Waals surface area (Å²) in [4.78, 5) is 11.2. The van der Waals surface area contributed by atoms with E-state index in [0.29, 0.717) is 0 Å². The summed E-state index contributed by atoms with van der Waals surface area (Å²) >= 11 is 0. The molecule has 0 N–H and O–H groups in total. The minimum atomic E-state index is -4.88. The molecular weight excluding hydrogens is 271 g/mol. The summed E-state index contributed by atoms with van der Waals surface area (Å²) in [7, 11) is 0. The Kier molecular flexibility index (Phi) is 4.49. The van der Waals surface area contributed by atoms with Crippen molar-refractivity contribution in [3.05, 3.63) is 28.8 Å². The second-order valence-corrected chi connectivity index (χ2v) is 3.72. The van der Waals surface area contributed by atoms with Crippen molar-refractivity contribution in [2.75, 3.05) is 6.61 Å². The van der Waals surface area contributed by atoms with Crippen LogP contribution in [0.15, 0.2) is 12.1 Å². The summed E-state index contributed by atoms with van der Waals surface area (Å²) in [5, 5.41) is 0. The molecule has 0 aliphatic rings. The third-order valence-corrected chi connectivity index (χ3v) is 2.37. The standard InChI is InChI=1S/C12H11F5O2/c1-3-19-10-5-7(6(2)18)9(12(15,16)17)4-8(10)11(13)14/h4-5,11H,3H2,1-2H3. The van der Waals surface area contributed by atoms with Crippen LogP contribution in [0.5, 0.6) is 5.75 Å². The number of hydrogen-bond donors (Lipinski definition) is 0. The molecule has 7 heteroatoms. The molecule has 0 amide bonds. The van der Waals surface area contributed by atoms with E-state index >= 15 is 0 Å². The van der Waals surface area contributed by atoms with Gasteiger partial charge in [0, 0.05) is 5.56 Å². The molecule has 1 rings (SSSR count). The molecule has 0 unspecified atom stereocenters. The van der Waals surface area contributed by atoms with Crippen molar-refractivity contribution >= 4 is 5.78 Å². The van der Waals surface area contributed by atoms with Crippen LogP contribution < -0.4 is 4.74 Å². The number of ketones is 1. The topological polar surface area (TPSA) is 26.3 Å². The first kappa shape index (κ1) is 15.4. The largest absolute Gasteiger partial charge is 0.493 e. The smallest absolute Gasteiger partial charge is 0.417 e. The zero-order chi connectivity index (χ0) is 14.8. The van der Waals surface area contributed by atoms with Crippen molar-refractivity contribution in [1.29, 1.82) is 0 Å². The number of alkyl halides is 5. The monoisotopic (exact) mass is 282 g/mol. The SMILES string of the molecule is CCOc1cc(C(C)=O)c(C(F)(F)F)cc1C(F)F. The highest BCUT2D eigenvalue weighted by Crippen LogP contribution is 2.39. The van der Waals surface area contributed by atoms with Gasteiger partial charge in [0.25, 0.3) is 6.43 Å². The second-order valence-electron chi connectivity index (χ2n) is 3.72. The van der Waals surface area contributed by atoms with Gasteiger partial charge < -0.3 is 4.74 Å². The molecule has 106 valence electrons. The third kappa shape index (κ3) is 3.42. The maximum absolute atomic E-state index is 12.7. The zero-order valence-corrected chi connectivity index (χ0v) is 10.1. The molecule has 0 aliphatic heterocycles. The van der Waals surface area contributed by atoms with Crippen molar-refractivity contribution in [1.82, 2.24) is 0 Å². The van der Waals surface area contributed by atoms with Crippen LogP contribution in [0.3, 0.4) is 0 Å². The Bertz CT molecular complexity index is 480. The van der Waals surface area contributed by atoms with Gasteiger partial charge in [-0.1, -0.05) is 0 Å². The van der Waals surface area contributed by atoms with Gasteiger partial charge in [0.05, 0.1) is 17.7 Å². The highest BCUT2D eigenvalue weighted by molar-refractivity contribution is 5.96. The van der Waals surface area contributed by atoms with Crippen LogP contribution in [0.1, 0.15) is 41.8 Å². The summed E-state index contributed by atoms with van der Waals surface area (Å²) in [5.41, 5.74) is -2.93. The molecule has 0 heterocycles. The van der Waals surface area contributed by atoms with E-state index in [1.807, 2.05) is 0 Å². The number of halogens is 5. The summed E-state index contributed by atoms with van der Waals surface area (Å²) in [5.74, 6) is -1.27. The number of hydrogen-bond acceptors (Lipinski definition) is 2. The van der Waals surface area contributed by atoms with E-state index in [1.165, 1.54) is 6.92 Å². The molecule has 0 aliphatic carbocycles. The molecule has 0 aromatic heterocycles. The van der Waals surface area contributed by atoms with Gasteiger partial charge in [-0.25, -0.2) is 8.78 Å². The van der Waals surface area contributed by atoms with Crippen LogP contribution >= 0.6 is 0 Å². The Morgan fingerprint density at radius 2 is 1.89 bits per heavy atom. The molecule has 1 aromatic carbocycles. The van der Waals surface area contributed by atoms with Gasteiger partial charge >= 0.3 is 6.18 Å². The maximum Gasteiger partial charge on any atom is 0.417 e. The lowest BCUT2D eigenvalue weighted by molar-refractivity contribution is -0.138. The fourth-order valence-electron chi connectivity index (χ4n) is 1.57. The number of benzene rings is 1. The molecule has 0 radical (unpaired) electrons. The quantitative estimate of drug-likeness (QED) is 0.609. The normalized spacial score (nSPS) is 11.8. The maximum atomic E-state index is 12.7. The summed E-state index contributed by atoms with van der Waals surface area (Å²) in [6.45, 7) is 2.44. The second kappa shape index (κ2) is 5.54. The minimum absolute atomic E-state index is 0.00241. The minimum Gasteiger partial charge on any atom is -0.493 e. The van der Waals surface area contributed by atoms with Crippen LogP contribution in [0.2, 0.25) is 0 Å². The Labute approximate surface area is 106 Å². The Balaban J connectivity index is 3.55. The predicted octanol–water partition coefficient (Wildman–Crippen LogP) is 4.24. The first-order chi connectivity index (χ1) is 8.68. The molecule has 1 aromatic rings. The average Bonchev–Trinajstić information content (AvgIpc) is 2.26. The molecular formula is C12H11F5O2. The molecule has 19 heavy (non-hydrogen) atoms. The Morgan fingerprint density at radius 3 is 2.26 bits per heavy atom. The van der Waals surface area contributed by atoms with Gasteiger partial charge in [-0.3, -0.25) is 4.79 Å². The number of ether oxygens (including phenoxy) is 1. The fraction of sp³-hybridized carbons (Fsp3) is 0.417. The van der Waals surface area contributed by atoms with Gasteiger partial charge in [-0.05, 0) is 26.0 Å². The van der Waals surface area contributed by atoms with Gasteiger partial charge in [-0.15, -0.1) is 0 Å². The van der Waals surface area contributed by atoms with Crippen molar-refractivity contribution in [2.24, 2.45) is 0 Å². The van der Waals surface area contributed by atoms with Crippen LogP contribution in [-0.2, 0) is 6.18 Å². The summed E-state index contributed by atoms with van der Waals surface area (Å²) < 4.78 is 68.5. The van der Waals surface area contributed by atoms with Gasteiger partial charge in [-0.2, -0.15) is 13.2 Å². The first-order valence-electron chi connectivity index (χ1n) is 5.35. The summed E-state index contributed by atoms with van der Waals surface area (Å²) in [6.07, 6.45) is -8.00. The van der Waals surface area contributed by atoms with Gasteiger partial charge in [0.15, 0.2) is 5.78 Å². The third-order valence-electron chi connectivity index (χ3n) is 2.37. The molecule has 0 saturated carbocycles. The highest BCUT2D eigenvalue weighted by Gasteiger charge is 2.36. The number of carbonyl (C=O) groups is 1. The highest BCUT2D eigenvalue weighted by atomic mass is 19.4. The zero-order valence-electron chi connectivity index (χ0n) is 10.1. The Morgan fingerprint density at radius 1 is 1.32 bits per heavy atom. The molecule has 0 saturated heterocycles. The molecule has 0 fully saturated rings. The molecule has 0 atom stereocenters. The van der Waals surface area contributed by atoms with Gasteiger partial charge in [0.2, 0.25) is 0 Å². The molecule has 0 bridgehead atoms. The van der Waals surface area contributed by atoms with Crippen molar-refractivity contribution in [2.45, 2.75) is 26.4 Å². The molecule has 0 spiro atoms. The van der Waals surface area contributed by atoms with Crippen LogP contribution in [-0.4, -0.2) is 12.4 Å². The van der Waals surface area contributed by atoms with E-state index in [4.69, 9.17) is 4.74 Å². The number of rotatable bonds is 4. The lowest BCUT2D eigenvalue weighted by Gasteiger charge is -2.16. The van der Waals surface area contributed by atoms with Crippen LogP contribution in [0.25, 0.3) is 0 Å². The summed E-state index contributed by atoms with van der Waals surface area (Å²) in [6, 6.07) is 0.989. The first-order valence-corrected chi connectivity index (χ1v) is 5.35. The number of Topliss-reactive ketones (excluding diaryl/α,β-unsaturated/α-hetero) is 1. The lowest BCUT2D eigenvalue weighted by Crippen LogP contribution is -2.13. The van der Waals surface area contributed by atoms with Crippen LogP contribution in [0, 0.1) is 0 Å². The van der Waals surface area contributed by atoms with Gasteiger partial charge in [0.1, 0.15) is 5.75 Å². The van der Waals surface area contributed by atoms with E-state index in [2.05, 4.69) is 0 Å². The van der Waals surface area contributed by atoms with Crippen molar-refractivity contribution in [3.8, 4) is 5.75 Å². The fourth-order valence-corrected chi connectivity index (χ4v) is 1.57. The van der Waals surface area contributed by atoms with Crippen LogP contribution in [0.4, 0.5) is 22.0 Å². The predicted molar refractivity (Wildman–Crippen MR) is 57.6 cm³/mol. The lowest BCUT2D eigenvalue weighted by atomic mass is 9.99. The average molecular weight is 282 g/mol. The van der Waals surface area contributed by atoms with E-state index in [0.717, 1.165) is 13.0 Å². The van der Waals surface area contributed by atoms with Crippen molar-refractivity contribution in [3.63, 3.8) is 0 Å². The Hall–Kier alpha value is -1.66. The van der Waals surface area contributed by atoms with E-state index in [-0.39, 0.29) is 12.7 Å². The molecule has 2 nitrogen and oxygen atoms in total. The van der Waals surface area contributed by atoms with E-state index in [1.54, 1.807) is 0 Å². The van der Waals surface area contributed by atoms with Crippen molar-refractivity contribution < 1.29 is 31.5 Å². The number of carbonyl (C=O) groups excluding carboxylic acids is 1.